The number of piperidine rings is 1. The van der Waals surface area contributed by atoms with Crippen LogP contribution in [0.15, 0.2) is 12.1 Å². The quantitative estimate of drug-likeness (QED) is 0.685. The summed E-state index contributed by atoms with van der Waals surface area (Å²) in [6, 6.07) is 3.18. The third-order valence-electron chi connectivity index (χ3n) is 4.19. The second kappa shape index (κ2) is 6.87. The van der Waals surface area contributed by atoms with Crippen LogP contribution in [0.25, 0.3) is 0 Å². The second-order valence-electron chi connectivity index (χ2n) is 6.24. The Labute approximate surface area is 130 Å². The van der Waals surface area contributed by atoms with Gasteiger partial charge >= 0.3 is 0 Å². The molecule has 1 saturated heterocycles. The van der Waals surface area contributed by atoms with Gasteiger partial charge in [-0.15, -0.1) is 0 Å². The van der Waals surface area contributed by atoms with Gasteiger partial charge < -0.3 is 5.32 Å². The van der Waals surface area contributed by atoms with E-state index in [1.807, 2.05) is 13.8 Å². The first-order valence-electron chi connectivity index (χ1n) is 7.64. The van der Waals surface area contributed by atoms with Gasteiger partial charge in [0.05, 0.1) is 11.5 Å². The number of rotatable bonds is 4. The van der Waals surface area contributed by atoms with E-state index in [1.54, 1.807) is 6.07 Å². The molecule has 1 amide bonds. The Morgan fingerprint density at radius 3 is 2.73 bits per heavy atom. The normalized spacial score (nSPS) is 19.0. The van der Waals surface area contributed by atoms with Gasteiger partial charge in [0.2, 0.25) is 5.91 Å². The molecule has 0 aliphatic carbocycles. The molecule has 1 heterocycles. The minimum Gasteiger partial charge on any atom is -0.319 e. The molecule has 1 aromatic carbocycles. The number of nitro groups is 1. The van der Waals surface area contributed by atoms with Crippen molar-refractivity contribution in [2.75, 3.05) is 25.0 Å². The summed E-state index contributed by atoms with van der Waals surface area (Å²) in [5.41, 5.74) is 1.99. The van der Waals surface area contributed by atoms with Crippen LogP contribution in [0.1, 0.15) is 30.9 Å². The zero-order chi connectivity index (χ0) is 16.3. The number of nitrogens with zero attached hydrogens (tertiary/aromatic N) is 2. The van der Waals surface area contributed by atoms with Crippen LogP contribution >= 0.6 is 0 Å². The maximum atomic E-state index is 12.2. The summed E-state index contributed by atoms with van der Waals surface area (Å²) in [6.07, 6.45) is 2.29. The van der Waals surface area contributed by atoms with Crippen molar-refractivity contribution >= 4 is 17.3 Å². The number of anilines is 1. The molecule has 0 aromatic heterocycles. The zero-order valence-corrected chi connectivity index (χ0v) is 13.4. The molecule has 1 aliphatic heterocycles. The molecule has 6 nitrogen and oxygen atoms in total. The number of nitrogens with one attached hydrogen (secondary N) is 1. The van der Waals surface area contributed by atoms with Gasteiger partial charge in [0, 0.05) is 12.6 Å². The van der Waals surface area contributed by atoms with E-state index in [0.29, 0.717) is 5.92 Å². The van der Waals surface area contributed by atoms with E-state index in [2.05, 4.69) is 17.1 Å². The van der Waals surface area contributed by atoms with Crippen molar-refractivity contribution in [3.63, 3.8) is 0 Å². The number of likely N-dealkylation sites (tertiary alicyclic amines) is 1. The first-order chi connectivity index (χ1) is 10.4. The van der Waals surface area contributed by atoms with E-state index in [1.165, 1.54) is 12.5 Å². The smallest absolute Gasteiger partial charge is 0.293 e. The summed E-state index contributed by atoms with van der Waals surface area (Å²) < 4.78 is 0. The molecule has 1 aromatic rings. The van der Waals surface area contributed by atoms with Gasteiger partial charge in [-0.2, -0.15) is 0 Å². The van der Waals surface area contributed by atoms with Crippen molar-refractivity contribution in [1.29, 1.82) is 0 Å². The van der Waals surface area contributed by atoms with E-state index in [4.69, 9.17) is 0 Å². The zero-order valence-electron chi connectivity index (χ0n) is 13.4. The van der Waals surface area contributed by atoms with Crippen molar-refractivity contribution in [3.05, 3.63) is 33.4 Å². The van der Waals surface area contributed by atoms with Crippen molar-refractivity contribution in [2.24, 2.45) is 5.92 Å². The van der Waals surface area contributed by atoms with Crippen molar-refractivity contribution < 1.29 is 9.72 Å². The number of hydrogen-bond donors (Lipinski definition) is 1. The maximum Gasteiger partial charge on any atom is 0.293 e. The fraction of sp³-hybridized carbons (Fsp3) is 0.562. The molecule has 1 N–H and O–H groups in total. The molecule has 1 aliphatic rings. The summed E-state index contributed by atoms with van der Waals surface area (Å²) in [5, 5.41) is 13.8. The van der Waals surface area contributed by atoms with Crippen LogP contribution in [0.2, 0.25) is 0 Å². The highest BCUT2D eigenvalue weighted by molar-refractivity contribution is 5.94. The molecule has 0 spiro atoms. The van der Waals surface area contributed by atoms with Crippen molar-refractivity contribution in [1.82, 2.24) is 4.90 Å². The average molecular weight is 305 g/mol. The highest BCUT2D eigenvalue weighted by Gasteiger charge is 2.21. The lowest BCUT2D eigenvalue weighted by Gasteiger charge is -2.30. The molecule has 2 rings (SSSR count). The van der Waals surface area contributed by atoms with Crippen LogP contribution in [0, 0.1) is 29.9 Å². The van der Waals surface area contributed by atoms with Gasteiger partial charge in [-0.25, -0.2) is 0 Å². The predicted octanol–water partition coefficient (Wildman–Crippen LogP) is 2.88. The van der Waals surface area contributed by atoms with Gasteiger partial charge in [0.15, 0.2) is 0 Å². The lowest BCUT2D eigenvalue weighted by atomic mass is 10.0. The number of aryl methyl sites for hydroxylation is 2. The van der Waals surface area contributed by atoms with Gasteiger partial charge in [-0.1, -0.05) is 6.92 Å². The molecule has 0 bridgehead atoms. The summed E-state index contributed by atoms with van der Waals surface area (Å²) in [5.74, 6) is 0.401. The number of hydrogen-bond acceptors (Lipinski definition) is 4. The third-order valence-corrected chi connectivity index (χ3v) is 4.19. The van der Waals surface area contributed by atoms with E-state index in [0.717, 1.165) is 30.6 Å². The van der Waals surface area contributed by atoms with Gasteiger partial charge in [0.1, 0.15) is 5.69 Å². The van der Waals surface area contributed by atoms with Crippen LogP contribution < -0.4 is 5.32 Å². The minimum absolute atomic E-state index is 0.0523. The lowest BCUT2D eigenvalue weighted by Crippen LogP contribution is -2.39. The topological polar surface area (TPSA) is 75.5 Å². The van der Waals surface area contributed by atoms with Crippen LogP contribution in [0.3, 0.4) is 0 Å². The molecule has 120 valence electrons. The summed E-state index contributed by atoms with van der Waals surface area (Å²) in [7, 11) is 0. The molecule has 0 unspecified atom stereocenters. The van der Waals surface area contributed by atoms with Crippen LogP contribution in [-0.2, 0) is 4.79 Å². The Bertz CT molecular complexity index is 586. The fourth-order valence-corrected chi connectivity index (χ4v) is 2.88. The Morgan fingerprint density at radius 1 is 1.41 bits per heavy atom. The largest absolute Gasteiger partial charge is 0.319 e. The highest BCUT2D eigenvalue weighted by atomic mass is 16.6. The number of carbonyl (C=O) groups is 1. The van der Waals surface area contributed by atoms with E-state index < -0.39 is 4.92 Å². The fourth-order valence-electron chi connectivity index (χ4n) is 2.88. The van der Waals surface area contributed by atoms with Crippen LogP contribution in [0.4, 0.5) is 11.4 Å². The van der Waals surface area contributed by atoms with Crippen LogP contribution in [-0.4, -0.2) is 35.4 Å². The number of benzene rings is 1. The molecule has 0 saturated carbocycles. The molecule has 6 heteroatoms. The summed E-state index contributed by atoms with van der Waals surface area (Å²) >= 11 is 0. The van der Waals surface area contributed by atoms with E-state index in [-0.39, 0.29) is 23.8 Å². The Balaban J connectivity index is 2.07. The Hall–Kier alpha value is -1.95. The molecule has 0 radical (unpaired) electrons. The first-order valence-corrected chi connectivity index (χ1v) is 7.64. The van der Waals surface area contributed by atoms with Crippen molar-refractivity contribution in [2.45, 2.75) is 33.6 Å². The van der Waals surface area contributed by atoms with Gasteiger partial charge in [-0.3, -0.25) is 19.8 Å². The van der Waals surface area contributed by atoms with E-state index >= 15 is 0 Å². The SMILES string of the molecule is Cc1cc(NC(=O)CN2CCC[C@H](C)C2)c([N+](=O)[O-])cc1C. The van der Waals surface area contributed by atoms with Gasteiger partial charge in [0.25, 0.3) is 5.69 Å². The molecular weight excluding hydrogens is 282 g/mol. The highest BCUT2D eigenvalue weighted by Crippen LogP contribution is 2.28. The Morgan fingerprint density at radius 2 is 2.09 bits per heavy atom. The van der Waals surface area contributed by atoms with Crippen molar-refractivity contribution in [3.8, 4) is 0 Å². The molecule has 1 atom stereocenters. The van der Waals surface area contributed by atoms with E-state index in [9.17, 15) is 14.9 Å². The number of nitro benzene ring substituents is 1. The predicted molar refractivity (Wildman–Crippen MR) is 86.0 cm³/mol. The minimum atomic E-state index is -0.453. The molecular formula is C16H23N3O3. The molecule has 1 fully saturated rings. The Kier molecular flexibility index (Phi) is 5.13. The van der Waals surface area contributed by atoms with Crippen LogP contribution in [0.5, 0.6) is 0 Å². The second-order valence-corrected chi connectivity index (χ2v) is 6.24. The lowest BCUT2D eigenvalue weighted by molar-refractivity contribution is -0.384. The summed E-state index contributed by atoms with van der Waals surface area (Å²) in [6.45, 7) is 7.98. The summed E-state index contributed by atoms with van der Waals surface area (Å²) in [4.78, 5) is 25.0. The van der Waals surface area contributed by atoms with Gasteiger partial charge in [-0.05, 0) is 56.3 Å². The number of carbonyl (C=O) groups excluding carboxylic acids is 1. The standard InChI is InChI=1S/C16H23N3O3/c1-11-5-4-6-18(9-11)10-16(20)17-14-7-12(2)13(3)8-15(14)19(21)22/h7-8,11H,4-6,9-10H2,1-3H3,(H,17,20)/t11-/m0/s1. The molecule has 22 heavy (non-hydrogen) atoms. The monoisotopic (exact) mass is 305 g/mol. The number of amides is 1. The third kappa shape index (κ3) is 4.04. The maximum absolute atomic E-state index is 12.2. The first kappa shape index (κ1) is 16.4. The average Bonchev–Trinajstić information content (AvgIpc) is 2.42.